The van der Waals surface area contributed by atoms with Crippen LogP contribution in [0.2, 0.25) is 10.0 Å². The molecule has 0 bridgehead atoms. The molecule has 2 rings (SSSR count). The van der Waals surface area contributed by atoms with Crippen LogP contribution in [0.1, 0.15) is 23.9 Å². The molecular formula is C15H20Cl2N4. The lowest BCUT2D eigenvalue weighted by molar-refractivity contribution is 0.496. The Balaban J connectivity index is 2.16. The average molecular weight is 327 g/mol. The fourth-order valence-electron chi connectivity index (χ4n) is 2.44. The van der Waals surface area contributed by atoms with Crippen LogP contribution in [-0.4, -0.2) is 15.8 Å². The number of benzene rings is 1. The molecule has 6 heteroatoms. The molecule has 0 radical (unpaired) electrons. The van der Waals surface area contributed by atoms with E-state index in [4.69, 9.17) is 29.0 Å². The number of hydrogen-bond acceptors (Lipinski definition) is 3. The van der Waals surface area contributed by atoms with Crippen molar-refractivity contribution in [3.05, 3.63) is 51.3 Å². The number of nitrogens with two attached hydrogens (primary N) is 1. The number of aryl methyl sites for hydroxylation is 2. The summed E-state index contributed by atoms with van der Waals surface area (Å²) in [5.74, 6) is 5.70. The van der Waals surface area contributed by atoms with Gasteiger partial charge >= 0.3 is 0 Å². The van der Waals surface area contributed by atoms with E-state index in [0.717, 1.165) is 46.4 Å². The van der Waals surface area contributed by atoms with Crippen LogP contribution in [0.25, 0.3) is 0 Å². The molecule has 3 N–H and O–H groups in total. The van der Waals surface area contributed by atoms with Crippen LogP contribution in [0.4, 0.5) is 0 Å². The molecule has 0 aliphatic rings. The first-order chi connectivity index (χ1) is 10.0. The Kier molecular flexibility index (Phi) is 5.65. The maximum atomic E-state index is 6.35. The zero-order chi connectivity index (χ0) is 15.4. The van der Waals surface area contributed by atoms with Gasteiger partial charge in [-0.1, -0.05) is 35.3 Å². The lowest BCUT2D eigenvalue weighted by Gasteiger charge is -2.17. The van der Waals surface area contributed by atoms with Crippen LogP contribution in [0.3, 0.4) is 0 Å². The van der Waals surface area contributed by atoms with Crippen molar-refractivity contribution in [2.45, 2.75) is 39.3 Å². The largest absolute Gasteiger partial charge is 0.271 e. The third-order valence-electron chi connectivity index (χ3n) is 3.50. The number of aromatic nitrogens is 2. The Morgan fingerprint density at radius 1 is 1.33 bits per heavy atom. The smallest absolute Gasteiger partial charge is 0.0847 e. The third kappa shape index (κ3) is 3.98. The van der Waals surface area contributed by atoms with E-state index in [1.165, 1.54) is 0 Å². The molecule has 0 amide bonds. The fourth-order valence-corrected chi connectivity index (χ4v) is 2.86. The highest BCUT2D eigenvalue weighted by Gasteiger charge is 2.17. The zero-order valence-electron chi connectivity index (χ0n) is 12.2. The summed E-state index contributed by atoms with van der Waals surface area (Å²) in [5.41, 5.74) is 5.87. The van der Waals surface area contributed by atoms with E-state index >= 15 is 0 Å². The van der Waals surface area contributed by atoms with Crippen molar-refractivity contribution in [1.29, 1.82) is 0 Å². The van der Waals surface area contributed by atoms with Gasteiger partial charge in [-0.25, -0.2) is 0 Å². The summed E-state index contributed by atoms with van der Waals surface area (Å²) in [6, 6.07) is 7.87. The number of nitrogens with zero attached hydrogens (tertiary/aromatic N) is 2. The van der Waals surface area contributed by atoms with Crippen LogP contribution in [-0.2, 0) is 19.4 Å². The maximum Gasteiger partial charge on any atom is 0.0847 e. The molecule has 0 saturated carbocycles. The van der Waals surface area contributed by atoms with Crippen LogP contribution in [0, 0.1) is 6.92 Å². The molecule has 1 unspecified atom stereocenters. The normalized spacial score (nSPS) is 12.6. The van der Waals surface area contributed by atoms with Crippen LogP contribution in [0.15, 0.2) is 24.3 Å². The lowest BCUT2D eigenvalue weighted by atomic mass is 10.0. The lowest BCUT2D eigenvalue weighted by Crippen LogP contribution is -2.39. The van der Waals surface area contributed by atoms with Crippen molar-refractivity contribution in [1.82, 2.24) is 15.2 Å². The van der Waals surface area contributed by atoms with Gasteiger partial charge in [0, 0.05) is 24.0 Å². The summed E-state index contributed by atoms with van der Waals surface area (Å²) < 4.78 is 1.93. The van der Waals surface area contributed by atoms with Gasteiger partial charge in [-0.2, -0.15) is 5.10 Å². The first kappa shape index (κ1) is 16.3. The van der Waals surface area contributed by atoms with Crippen molar-refractivity contribution in [3.63, 3.8) is 0 Å². The highest BCUT2D eigenvalue weighted by atomic mass is 35.5. The first-order valence-electron chi connectivity index (χ1n) is 6.97. The second-order valence-corrected chi connectivity index (χ2v) is 5.88. The molecule has 21 heavy (non-hydrogen) atoms. The molecule has 4 nitrogen and oxygen atoms in total. The molecule has 0 aliphatic carbocycles. The van der Waals surface area contributed by atoms with Crippen molar-refractivity contribution < 1.29 is 0 Å². The number of rotatable bonds is 6. The minimum Gasteiger partial charge on any atom is -0.271 e. The third-order valence-corrected chi connectivity index (χ3v) is 4.23. The molecule has 0 saturated heterocycles. The fraction of sp³-hybridized carbons (Fsp3) is 0.400. The SMILES string of the molecule is CCn1nc(C)c(Cl)c1CC(Cc1cccc(Cl)c1)NN. The molecule has 2 aromatic rings. The van der Waals surface area contributed by atoms with Gasteiger partial charge in [0.25, 0.3) is 0 Å². The predicted molar refractivity (Wildman–Crippen MR) is 87.6 cm³/mol. The van der Waals surface area contributed by atoms with Gasteiger partial charge in [0.1, 0.15) is 0 Å². The minimum atomic E-state index is 0.0716. The molecular weight excluding hydrogens is 307 g/mol. The molecule has 114 valence electrons. The zero-order valence-corrected chi connectivity index (χ0v) is 13.7. The van der Waals surface area contributed by atoms with E-state index < -0.39 is 0 Å². The summed E-state index contributed by atoms with van der Waals surface area (Å²) in [5, 5.41) is 5.89. The van der Waals surface area contributed by atoms with Crippen molar-refractivity contribution >= 4 is 23.2 Å². The van der Waals surface area contributed by atoms with Gasteiger partial charge in [0.15, 0.2) is 0 Å². The second kappa shape index (κ2) is 7.27. The van der Waals surface area contributed by atoms with E-state index in [-0.39, 0.29) is 6.04 Å². The summed E-state index contributed by atoms with van der Waals surface area (Å²) in [4.78, 5) is 0. The second-order valence-electron chi connectivity index (χ2n) is 5.06. The molecule has 1 aromatic carbocycles. The van der Waals surface area contributed by atoms with Crippen LogP contribution >= 0.6 is 23.2 Å². The van der Waals surface area contributed by atoms with Gasteiger partial charge in [-0.3, -0.25) is 16.0 Å². The van der Waals surface area contributed by atoms with Crippen LogP contribution in [0.5, 0.6) is 0 Å². The number of hydrogen-bond donors (Lipinski definition) is 2. The Morgan fingerprint density at radius 2 is 2.10 bits per heavy atom. The minimum absolute atomic E-state index is 0.0716. The van der Waals surface area contributed by atoms with Gasteiger partial charge < -0.3 is 0 Å². The Hall–Kier alpha value is -1.07. The standard InChI is InChI=1S/C15H20Cl2N4/c1-3-21-14(15(17)10(2)20-21)9-13(19-18)8-11-5-4-6-12(16)7-11/h4-7,13,19H,3,8-9,18H2,1-2H3. The Bertz CT molecular complexity index is 610. The van der Waals surface area contributed by atoms with Crippen LogP contribution < -0.4 is 11.3 Å². The van der Waals surface area contributed by atoms with E-state index in [0.29, 0.717) is 0 Å². The monoisotopic (exact) mass is 326 g/mol. The number of halogens is 2. The van der Waals surface area contributed by atoms with Crippen molar-refractivity contribution in [2.24, 2.45) is 5.84 Å². The van der Waals surface area contributed by atoms with E-state index in [2.05, 4.69) is 10.5 Å². The Labute approximate surface area is 135 Å². The number of hydrazine groups is 1. The van der Waals surface area contributed by atoms with Gasteiger partial charge in [0.2, 0.25) is 0 Å². The molecule has 1 heterocycles. The highest BCUT2D eigenvalue weighted by molar-refractivity contribution is 6.31. The average Bonchev–Trinajstić information content (AvgIpc) is 2.74. The van der Waals surface area contributed by atoms with Gasteiger partial charge in [0.05, 0.1) is 16.4 Å². The summed E-state index contributed by atoms with van der Waals surface area (Å²) in [6.45, 7) is 4.76. The quantitative estimate of drug-likeness (QED) is 0.633. The van der Waals surface area contributed by atoms with E-state index in [9.17, 15) is 0 Å². The highest BCUT2D eigenvalue weighted by Crippen LogP contribution is 2.22. The molecule has 0 fully saturated rings. The van der Waals surface area contributed by atoms with Gasteiger partial charge in [-0.05, 0) is 38.0 Å². The topological polar surface area (TPSA) is 55.9 Å². The predicted octanol–water partition coefficient (Wildman–Crippen LogP) is 3.14. The van der Waals surface area contributed by atoms with Crippen molar-refractivity contribution in [3.8, 4) is 0 Å². The molecule has 1 atom stereocenters. The first-order valence-corrected chi connectivity index (χ1v) is 7.73. The van der Waals surface area contributed by atoms with Crippen molar-refractivity contribution in [2.75, 3.05) is 0 Å². The van der Waals surface area contributed by atoms with E-state index in [1.54, 1.807) is 0 Å². The molecule has 0 spiro atoms. The Morgan fingerprint density at radius 3 is 2.71 bits per heavy atom. The summed E-state index contributed by atoms with van der Waals surface area (Å²) >= 11 is 12.4. The van der Waals surface area contributed by atoms with Gasteiger partial charge in [-0.15, -0.1) is 0 Å². The molecule has 1 aromatic heterocycles. The molecule has 0 aliphatic heterocycles. The summed E-state index contributed by atoms with van der Waals surface area (Å²) in [7, 11) is 0. The number of nitrogens with one attached hydrogen (secondary N) is 1. The summed E-state index contributed by atoms with van der Waals surface area (Å²) in [6.07, 6.45) is 1.50. The van der Waals surface area contributed by atoms with E-state index in [1.807, 2.05) is 42.8 Å². The maximum absolute atomic E-state index is 6.35.